The number of nitro groups is 1. The molecule has 0 saturated carbocycles. The van der Waals surface area contributed by atoms with Crippen molar-refractivity contribution in [1.29, 1.82) is 5.26 Å². The zero-order chi connectivity index (χ0) is 17.7. The van der Waals surface area contributed by atoms with Crippen molar-refractivity contribution in [3.63, 3.8) is 0 Å². The number of hydrogen-bond donors (Lipinski definition) is 0. The van der Waals surface area contributed by atoms with Crippen molar-refractivity contribution in [2.75, 3.05) is 11.4 Å². The van der Waals surface area contributed by atoms with Gasteiger partial charge in [-0.15, -0.1) is 0 Å². The number of carbonyl (C=O) groups excluding carboxylic acids is 1. The van der Waals surface area contributed by atoms with E-state index in [2.05, 4.69) is 11.0 Å². The van der Waals surface area contributed by atoms with Gasteiger partial charge in [-0.2, -0.15) is 5.26 Å². The van der Waals surface area contributed by atoms with E-state index in [-0.39, 0.29) is 23.9 Å². The van der Waals surface area contributed by atoms with Crippen molar-refractivity contribution in [2.45, 2.75) is 46.1 Å². The predicted octanol–water partition coefficient (Wildman–Crippen LogP) is 3.24. The number of benzene rings is 1. The highest BCUT2D eigenvalue weighted by atomic mass is 16.6. The summed E-state index contributed by atoms with van der Waals surface area (Å²) in [5.41, 5.74) is -0.127. The minimum atomic E-state index is -1.14. The van der Waals surface area contributed by atoms with Crippen molar-refractivity contribution in [1.82, 2.24) is 0 Å². The average Bonchev–Trinajstić information content (AvgIpc) is 3.02. The molecular weight excluding hydrogens is 306 g/mol. The number of ketones is 1. The van der Waals surface area contributed by atoms with E-state index < -0.39 is 15.8 Å². The zero-order valence-electron chi connectivity index (χ0n) is 14.2. The van der Waals surface area contributed by atoms with Gasteiger partial charge in [0, 0.05) is 36.2 Å². The van der Waals surface area contributed by atoms with Gasteiger partial charge in [-0.3, -0.25) is 14.9 Å². The SMILES string of the molecule is CC(C)(C)C(=O)[C@@]1(C#N)Cc2cc([N+](=O)[O-])ccc2N2CCC[C@@H]21. The molecule has 2 heterocycles. The van der Waals surface area contributed by atoms with Gasteiger partial charge in [0.25, 0.3) is 5.69 Å². The Hall–Kier alpha value is -2.42. The molecule has 1 fully saturated rings. The van der Waals surface area contributed by atoms with Crippen LogP contribution in [-0.2, 0) is 11.2 Å². The largest absolute Gasteiger partial charge is 0.366 e. The summed E-state index contributed by atoms with van der Waals surface area (Å²) in [7, 11) is 0. The molecular formula is C18H21N3O3. The first kappa shape index (κ1) is 16.4. The summed E-state index contributed by atoms with van der Waals surface area (Å²) in [6.07, 6.45) is 1.96. The molecule has 0 aromatic heterocycles. The number of carbonyl (C=O) groups is 1. The van der Waals surface area contributed by atoms with E-state index in [1.54, 1.807) is 6.07 Å². The van der Waals surface area contributed by atoms with Crippen LogP contribution in [0.3, 0.4) is 0 Å². The number of nitro benzene ring substituents is 1. The van der Waals surface area contributed by atoms with E-state index in [9.17, 15) is 20.2 Å². The molecule has 0 radical (unpaired) electrons. The first-order valence-corrected chi connectivity index (χ1v) is 8.21. The average molecular weight is 327 g/mol. The number of anilines is 1. The maximum atomic E-state index is 13.2. The summed E-state index contributed by atoms with van der Waals surface area (Å²) >= 11 is 0. The van der Waals surface area contributed by atoms with Gasteiger partial charge in [0.2, 0.25) is 0 Å². The molecule has 2 aliphatic rings. The second kappa shape index (κ2) is 5.30. The fourth-order valence-electron chi connectivity index (χ4n) is 4.16. The Balaban J connectivity index is 2.17. The van der Waals surface area contributed by atoms with Crippen molar-refractivity contribution in [3.05, 3.63) is 33.9 Å². The van der Waals surface area contributed by atoms with Gasteiger partial charge in [0.15, 0.2) is 5.78 Å². The summed E-state index contributed by atoms with van der Waals surface area (Å²) in [4.78, 5) is 25.9. The van der Waals surface area contributed by atoms with Crippen molar-refractivity contribution in [2.24, 2.45) is 10.8 Å². The van der Waals surface area contributed by atoms with Gasteiger partial charge in [0.05, 0.1) is 17.0 Å². The summed E-state index contributed by atoms with van der Waals surface area (Å²) in [5, 5.41) is 21.1. The van der Waals surface area contributed by atoms with Crippen LogP contribution in [0.1, 0.15) is 39.2 Å². The molecule has 2 aliphatic heterocycles. The standard InChI is InChI=1S/C18H21N3O3/c1-17(2,3)16(22)18(11-19)10-12-9-13(21(23)24)6-7-14(12)20-8-4-5-15(18)20/h6-7,9,15H,4-5,8,10H2,1-3H3/t15-,18-/m1/s1. The molecule has 0 unspecified atom stereocenters. The van der Waals surface area contributed by atoms with Crippen molar-refractivity contribution >= 4 is 17.2 Å². The number of nitriles is 1. The summed E-state index contributed by atoms with van der Waals surface area (Å²) < 4.78 is 0. The van der Waals surface area contributed by atoms with E-state index in [0.717, 1.165) is 30.6 Å². The molecule has 6 nitrogen and oxygen atoms in total. The minimum Gasteiger partial charge on any atom is -0.366 e. The lowest BCUT2D eigenvalue weighted by atomic mass is 9.63. The summed E-state index contributed by atoms with van der Waals surface area (Å²) in [6, 6.07) is 6.95. The first-order valence-electron chi connectivity index (χ1n) is 8.21. The molecule has 0 spiro atoms. The number of nitrogens with zero attached hydrogens (tertiary/aromatic N) is 3. The number of rotatable bonds is 2. The van der Waals surface area contributed by atoms with Gasteiger partial charge in [-0.05, 0) is 24.5 Å². The third-order valence-electron chi connectivity index (χ3n) is 5.16. The van der Waals surface area contributed by atoms with Gasteiger partial charge >= 0.3 is 0 Å². The van der Waals surface area contributed by atoms with Crippen LogP contribution < -0.4 is 4.90 Å². The molecule has 0 aliphatic carbocycles. The monoisotopic (exact) mass is 327 g/mol. The van der Waals surface area contributed by atoms with Crippen LogP contribution >= 0.6 is 0 Å². The van der Waals surface area contributed by atoms with Gasteiger partial charge < -0.3 is 4.90 Å². The van der Waals surface area contributed by atoms with Gasteiger partial charge in [0.1, 0.15) is 5.41 Å². The van der Waals surface area contributed by atoms with Crippen LogP contribution in [0.5, 0.6) is 0 Å². The lowest BCUT2D eigenvalue weighted by Gasteiger charge is -2.45. The maximum Gasteiger partial charge on any atom is 0.269 e. The second-order valence-corrected chi connectivity index (χ2v) is 7.76. The molecule has 6 heteroatoms. The molecule has 2 atom stereocenters. The normalized spacial score (nSPS) is 25.6. The third-order valence-corrected chi connectivity index (χ3v) is 5.16. The van der Waals surface area contributed by atoms with E-state index in [4.69, 9.17) is 0 Å². The number of non-ortho nitro benzene ring substituents is 1. The molecule has 3 rings (SSSR count). The molecule has 126 valence electrons. The highest BCUT2D eigenvalue weighted by Gasteiger charge is 2.56. The molecule has 24 heavy (non-hydrogen) atoms. The predicted molar refractivity (Wildman–Crippen MR) is 89.7 cm³/mol. The van der Waals surface area contributed by atoms with Crippen LogP contribution in [-0.4, -0.2) is 23.3 Å². The molecule has 1 aromatic rings. The van der Waals surface area contributed by atoms with Crippen LogP contribution in [0.2, 0.25) is 0 Å². The maximum absolute atomic E-state index is 13.2. The lowest BCUT2D eigenvalue weighted by Crippen LogP contribution is -2.56. The van der Waals surface area contributed by atoms with E-state index in [1.165, 1.54) is 12.1 Å². The Kier molecular flexibility index (Phi) is 3.63. The quantitative estimate of drug-likeness (QED) is 0.614. The number of fused-ring (bicyclic) bond motifs is 3. The Morgan fingerprint density at radius 1 is 1.46 bits per heavy atom. The summed E-state index contributed by atoms with van der Waals surface area (Å²) in [5.74, 6) is -0.0773. The second-order valence-electron chi connectivity index (χ2n) is 7.76. The van der Waals surface area contributed by atoms with Gasteiger partial charge in [-0.25, -0.2) is 0 Å². The molecule has 1 saturated heterocycles. The molecule has 0 bridgehead atoms. The Morgan fingerprint density at radius 3 is 2.75 bits per heavy atom. The topological polar surface area (TPSA) is 87.2 Å². The van der Waals surface area contributed by atoms with Crippen LogP contribution in [0.4, 0.5) is 11.4 Å². The molecule has 0 amide bonds. The smallest absolute Gasteiger partial charge is 0.269 e. The number of Topliss-reactive ketones (excluding diaryl/α,β-unsaturated/α-hetero) is 1. The summed E-state index contributed by atoms with van der Waals surface area (Å²) in [6.45, 7) is 6.26. The third kappa shape index (κ3) is 2.27. The van der Waals surface area contributed by atoms with E-state index in [0.29, 0.717) is 0 Å². The Morgan fingerprint density at radius 2 is 2.17 bits per heavy atom. The molecule has 1 aromatic carbocycles. The van der Waals surface area contributed by atoms with E-state index >= 15 is 0 Å². The highest BCUT2D eigenvalue weighted by molar-refractivity contribution is 5.94. The fourth-order valence-corrected chi connectivity index (χ4v) is 4.16. The fraction of sp³-hybridized carbons (Fsp3) is 0.556. The highest BCUT2D eigenvalue weighted by Crippen LogP contribution is 2.49. The van der Waals surface area contributed by atoms with Crippen LogP contribution in [0.25, 0.3) is 0 Å². The lowest BCUT2D eigenvalue weighted by molar-refractivity contribution is -0.384. The zero-order valence-corrected chi connectivity index (χ0v) is 14.2. The Bertz CT molecular complexity index is 760. The number of hydrogen-bond acceptors (Lipinski definition) is 5. The van der Waals surface area contributed by atoms with Crippen molar-refractivity contribution < 1.29 is 9.72 Å². The van der Waals surface area contributed by atoms with E-state index in [1.807, 2.05) is 20.8 Å². The van der Waals surface area contributed by atoms with Gasteiger partial charge in [-0.1, -0.05) is 20.8 Å². The first-order chi connectivity index (χ1) is 11.2. The van der Waals surface area contributed by atoms with Crippen molar-refractivity contribution in [3.8, 4) is 6.07 Å². The van der Waals surface area contributed by atoms with Crippen LogP contribution in [0, 0.1) is 32.3 Å². The van der Waals surface area contributed by atoms with Crippen LogP contribution in [0.15, 0.2) is 18.2 Å². The molecule has 0 N–H and O–H groups in total. The minimum absolute atomic E-state index is 0.00134. The Labute approximate surface area is 141 Å².